The number of carbonyl (C=O) groups excluding carboxylic acids is 2. The van der Waals surface area contributed by atoms with Crippen LogP contribution in [0.5, 0.6) is 0 Å². The molecule has 1 aliphatic carbocycles. The molecule has 0 bridgehead atoms. The van der Waals surface area contributed by atoms with Gasteiger partial charge in [0.15, 0.2) is 0 Å². The maximum atomic E-state index is 12.5. The summed E-state index contributed by atoms with van der Waals surface area (Å²) in [5.41, 5.74) is 1.25. The number of aliphatic carboxylic acids is 1. The van der Waals surface area contributed by atoms with Crippen LogP contribution in [0.4, 0.5) is 10.5 Å². The maximum absolute atomic E-state index is 12.5. The van der Waals surface area contributed by atoms with Gasteiger partial charge < -0.3 is 20.2 Å². The Kier molecular flexibility index (Phi) is 4.09. The molecule has 26 heavy (non-hydrogen) atoms. The van der Waals surface area contributed by atoms with E-state index < -0.39 is 11.4 Å². The molecule has 2 heterocycles. The van der Waals surface area contributed by atoms with Gasteiger partial charge in [-0.3, -0.25) is 9.59 Å². The van der Waals surface area contributed by atoms with Gasteiger partial charge in [-0.15, -0.1) is 0 Å². The first-order valence-electron chi connectivity index (χ1n) is 9.16. The predicted molar refractivity (Wildman–Crippen MR) is 94.9 cm³/mol. The molecule has 0 radical (unpaired) electrons. The Morgan fingerprint density at radius 2 is 2.08 bits per heavy atom. The number of likely N-dealkylation sites (tertiary alicyclic amines) is 1. The van der Waals surface area contributed by atoms with Crippen molar-refractivity contribution in [1.82, 2.24) is 10.2 Å². The van der Waals surface area contributed by atoms with Crippen molar-refractivity contribution in [3.05, 3.63) is 29.8 Å². The van der Waals surface area contributed by atoms with Crippen LogP contribution in [0.2, 0.25) is 0 Å². The number of nitrogens with one attached hydrogen (secondary N) is 1. The van der Waals surface area contributed by atoms with Gasteiger partial charge >= 0.3 is 12.0 Å². The van der Waals surface area contributed by atoms with E-state index in [1.807, 2.05) is 24.3 Å². The smallest absolute Gasteiger partial charge is 0.317 e. The first kappa shape index (κ1) is 16.9. The number of amides is 3. The van der Waals surface area contributed by atoms with E-state index in [9.17, 15) is 19.5 Å². The number of carboxylic acids is 1. The minimum absolute atomic E-state index is 0.0203. The zero-order valence-corrected chi connectivity index (χ0v) is 14.6. The highest BCUT2D eigenvalue weighted by Crippen LogP contribution is 2.48. The van der Waals surface area contributed by atoms with Crippen molar-refractivity contribution in [3.8, 4) is 0 Å². The number of hydrogen-bond donors (Lipinski definition) is 2. The van der Waals surface area contributed by atoms with Crippen LogP contribution in [0.25, 0.3) is 0 Å². The molecular weight excluding hydrogens is 334 g/mol. The number of anilines is 1. The van der Waals surface area contributed by atoms with Crippen LogP contribution in [0.3, 0.4) is 0 Å². The zero-order chi connectivity index (χ0) is 18.3. The third-order valence-electron chi connectivity index (χ3n) is 6.16. The summed E-state index contributed by atoms with van der Waals surface area (Å²) in [5.74, 6) is -0.928. The number of carboxylic acid groups (broad SMARTS) is 1. The van der Waals surface area contributed by atoms with Crippen molar-refractivity contribution in [2.75, 3.05) is 31.1 Å². The number of rotatable bonds is 3. The molecule has 2 N–H and O–H groups in total. The van der Waals surface area contributed by atoms with E-state index in [-0.39, 0.29) is 30.9 Å². The largest absolute Gasteiger partial charge is 0.481 e. The highest BCUT2D eigenvalue weighted by Gasteiger charge is 2.55. The van der Waals surface area contributed by atoms with Crippen LogP contribution in [0.15, 0.2) is 24.3 Å². The molecule has 4 rings (SSSR count). The van der Waals surface area contributed by atoms with Crippen LogP contribution in [-0.4, -0.2) is 54.1 Å². The summed E-state index contributed by atoms with van der Waals surface area (Å²) in [6.07, 6.45) is 3.20. The third-order valence-corrected chi connectivity index (χ3v) is 6.16. The molecule has 3 aliphatic rings. The second-order valence-electron chi connectivity index (χ2n) is 7.51. The van der Waals surface area contributed by atoms with Gasteiger partial charge in [0.2, 0.25) is 5.91 Å². The lowest BCUT2D eigenvalue weighted by Crippen LogP contribution is -2.45. The Bertz CT molecular complexity index is 765. The van der Waals surface area contributed by atoms with E-state index >= 15 is 0 Å². The summed E-state index contributed by atoms with van der Waals surface area (Å²) in [6.45, 7) is 1.24. The van der Waals surface area contributed by atoms with Crippen molar-refractivity contribution < 1.29 is 19.5 Å². The highest BCUT2D eigenvalue weighted by molar-refractivity contribution is 5.98. The molecule has 138 valence electrons. The van der Waals surface area contributed by atoms with Gasteiger partial charge in [0.05, 0.1) is 12.0 Å². The topological polar surface area (TPSA) is 90.0 Å². The Morgan fingerprint density at radius 3 is 2.85 bits per heavy atom. The maximum Gasteiger partial charge on any atom is 0.317 e. The Morgan fingerprint density at radius 1 is 1.27 bits per heavy atom. The predicted octanol–water partition coefficient (Wildman–Crippen LogP) is 1.47. The van der Waals surface area contributed by atoms with Crippen molar-refractivity contribution in [2.24, 2.45) is 11.3 Å². The number of carbonyl (C=O) groups is 3. The number of para-hydroxylation sites is 1. The van der Waals surface area contributed by atoms with Gasteiger partial charge in [0, 0.05) is 25.3 Å². The zero-order valence-electron chi connectivity index (χ0n) is 14.6. The second-order valence-corrected chi connectivity index (χ2v) is 7.51. The molecule has 7 heteroatoms. The lowest BCUT2D eigenvalue weighted by molar-refractivity contribution is -0.149. The molecule has 0 aromatic heterocycles. The molecule has 1 aromatic carbocycles. The van der Waals surface area contributed by atoms with Crippen LogP contribution in [0, 0.1) is 11.3 Å². The number of urea groups is 1. The average molecular weight is 357 g/mol. The fourth-order valence-corrected chi connectivity index (χ4v) is 4.75. The Labute approximate surface area is 152 Å². The lowest BCUT2D eigenvalue weighted by atomic mass is 9.81. The summed E-state index contributed by atoms with van der Waals surface area (Å²) in [6, 6.07) is 7.44. The Balaban J connectivity index is 1.35. The summed E-state index contributed by atoms with van der Waals surface area (Å²) < 4.78 is 0. The normalized spacial score (nSPS) is 26.5. The number of fused-ring (bicyclic) bond motifs is 2. The van der Waals surface area contributed by atoms with E-state index in [2.05, 4.69) is 5.32 Å². The van der Waals surface area contributed by atoms with Crippen molar-refractivity contribution in [2.45, 2.75) is 25.7 Å². The molecule has 2 aliphatic heterocycles. The Hall–Kier alpha value is -2.57. The summed E-state index contributed by atoms with van der Waals surface area (Å²) in [5, 5.41) is 12.3. The van der Waals surface area contributed by atoms with E-state index in [4.69, 9.17) is 0 Å². The van der Waals surface area contributed by atoms with Crippen molar-refractivity contribution >= 4 is 23.6 Å². The summed E-state index contributed by atoms with van der Waals surface area (Å²) in [7, 11) is 0. The molecule has 3 amide bonds. The van der Waals surface area contributed by atoms with Gasteiger partial charge in [-0.1, -0.05) is 24.6 Å². The molecule has 1 saturated heterocycles. The monoisotopic (exact) mass is 357 g/mol. The van der Waals surface area contributed by atoms with Crippen LogP contribution in [-0.2, 0) is 16.0 Å². The summed E-state index contributed by atoms with van der Waals surface area (Å²) in [4.78, 5) is 39.9. The van der Waals surface area contributed by atoms with Crippen molar-refractivity contribution in [1.29, 1.82) is 0 Å². The fraction of sp³-hybridized carbons (Fsp3) is 0.526. The quantitative estimate of drug-likeness (QED) is 0.857. The van der Waals surface area contributed by atoms with E-state index in [0.717, 1.165) is 30.5 Å². The van der Waals surface area contributed by atoms with Crippen molar-refractivity contribution in [3.63, 3.8) is 0 Å². The van der Waals surface area contributed by atoms with Gasteiger partial charge in [-0.2, -0.15) is 0 Å². The fourth-order valence-electron chi connectivity index (χ4n) is 4.75. The van der Waals surface area contributed by atoms with Crippen LogP contribution in [0.1, 0.15) is 24.8 Å². The lowest BCUT2D eigenvalue weighted by Gasteiger charge is -2.23. The third kappa shape index (κ3) is 2.62. The number of hydrogen-bond acceptors (Lipinski definition) is 3. The molecule has 1 saturated carbocycles. The minimum Gasteiger partial charge on any atom is -0.481 e. The van der Waals surface area contributed by atoms with E-state index in [1.165, 1.54) is 0 Å². The number of benzene rings is 1. The second kappa shape index (κ2) is 6.30. The summed E-state index contributed by atoms with van der Waals surface area (Å²) >= 11 is 0. The standard InChI is InChI=1S/C19H23N3O4/c23-16(22-9-7-13-4-1-2-6-15(13)22)10-20-18(26)21-11-14-5-3-8-19(14,12-21)17(24)25/h1-2,4,6,14H,3,5,7-12H2,(H,20,26)(H,24,25)/t14-,19+/m0/s1. The number of nitrogens with zero attached hydrogens (tertiary/aromatic N) is 2. The molecule has 1 aromatic rings. The molecule has 0 spiro atoms. The van der Waals surface area contributed by atoms with Crippen LogP contribution < -0.4 is 10.2 Å². The minimum atomic E-state index is -0.806. The first-order chi connectivity index (χ1) is 12.5. The van der Waals surface area contributed by atoms with E-state index in [1.54, 1.807) is 9.80 Å². The SMILES string of the molecule is O=C(NCC(=O)N1CCc2ccccc21)N1C[C@@H]2CCC[C@@]2(C(=O)O)C1. The molecule has 0 unspecified atom stereocenters. The molecular formula is C19H23N3O4. The molecule has 7 nitrogen and oxygen atoms in total. The molecule has 2 fully saturated rings. The average Bonchev–Trinajstić information content (AvgIpc) is 3.31. The van der Waals surface area contributed by atoms with E-state index in [0.29, 0.717) is 19.5 Å². The van der Waals surface area contributed by atoms with Gasteiger partial charge in [0.1, 0.15) is 0 Å². The van der Waals surface area contributed by atoms with Gasteiger partial charge in [-0.25, -0.2) is 4.79 Å². The highest BCUT2D eigenvalue weighted by atomic mass is 16.4. The van der Waals surface area contributed by atoms with Gasteiger partial charge in [0.25, 0.3) is 0 Å². The molecule has 2 atom stereocenters. The van der Waals surface area contributed by atoms with Gasteiger partial charge in [-0.05, 0) is 36.8 Å². The first-order valence-corrected chi connectivity index (χ1v) is 9.16. The van der Waals surface area contributed by atoms with Crippen LogP contribution >= 0.6 is 0 Å².